The number of rotatable bonds is 7. The molecular formula is C24H33NO10. The molecule has 35 heavy (non-hydrogen) atoms. The molecule has 2 aliphatic heterocycles. The third kappa shape index (κ3) is 4.89. The summed E-state index contributed by atoms with van der Waals surface area (Å²) in [5.41, 5.74) is 4.63. The quantitative estimate of drug-likeness (QED) is 0.441. The Morgan fingerprint density at radius 2 is 1.94 bits per heavy atom. The number of carboxylic acid groups (broad SMARTS) is 1. The van der Waals surface area contributed by atoms with Gasteiger partial charge in [0.1, 0.15) is 35.0 Å². The summed E-state index contributed by atoms with van der Waals surface area (Å²) in [4.78, 5) is 23.3. The molecule has 6 atom stereocenters. The molecule has 0 radical (unpaired) electrons. The van der Waals surface area contributed by atoms with Gasteiger partial charge in [-0.3, -0.25) is 0 Å². The standard InChI is InChI=1S/C24H33NO10/c1-7-10(2)17-14(21(28)29)15(26)12-8-9-13(11(3)18(12)33-17)32-22-16(27)19(34-23(25)30)20(31-6)24(4,5)35-22/h8-10,16-17,19-20,22,26-27H,7H2,1-6H3,(H2,25,30)(H,28,29)/t10?,16-,17?,19+,20-,22-/m1/s1. The first-order valence-corrected chi connectivity index (χ1v) is 11.3. The second kappa shape index (κ2) is 9.92. The molecule has 2 aliphatic rings. The van der Waals surface area contributed by atoms with Crippen LogP contribution >= 0.6 is 0 Å². The van der Waals surface area contributed by atoms with E-state index in [1.54, 1.807) is 20.8 Å². The van der Waals surface area contributed by atoms with E-state index in [2.05, 4.69) is 0 Å². The number of methoxy groups -OCH3 is 1. The smallest absolute Gasteiger partial charge is 0.404 e. The molecule has 2 heterocycles. The van der Waals surface area contributed by atoms with Gasteiger partial charge >= 0.3 is 12.1 Å². The van der Waals surface area contributed by atoms with Crippen molar-refractivity contribution in [2.45, 2.75) is 77.3 Å². The topological polar surface area (TPSA) is 167 Å². The number of hydrogen-bond acceptors (Lipinski definition) is 9. The molecule has 194 valence electrons. The van der Waals surface area contributed by atoms with Crippen molar-refractivity contribution in [3.63, 3.8) is 0 Å². The number of aliphatic hydroxyl groups excluding tert-OH is 2. The van der Waals surface area contributed by atoms with E-state index in [9.17, 15) is 24.9 Å². The molecule has 0 aliphatic carbocycles. The highest BCUT2D eigenvalue weighted by atomic mass is 16.7. The molecule has 2 unspecified atom stereocenters. The maximum atomic E-state index is 11.9. The van der Waals surface area contributed by atoms with E-state index in [0.29, 0.717) is 12.0 Å². The lowest BCUT2D eigenvalue weighted by molar-refractivity contribution is -0.304. The summed E-state index contributed by atoms with van der Waals surface area (Å²) in [7, 11) is 1.39. The molecule has 3 rings (SSSR count). The highest BCUT2D eigenvalue weighted by Crippen LogP contribution is 2.43. The fraction of sp³-hybridized carbons (Fsp3) is 0.583. The Bertz CT molecular complexity index is 1020. The molecule has 1 saturated heterocycles. The van der Waals surface area contributed by atoms with Crippen molar-refractivity contribution in [1.29, 1.82) is 0 Å². The van der Waals surface area contributed by atoms with Gasteiger partial charge in [0, 0.05) is 12.7 Å². The third-order valence-electron chi connectivity index (χ3n) is 6.56. The fourth-order valence-electron chi connectivity index (χ4n) is 4.51. The normalized spacial score (nSPS) is 28.5. The van der Waals surface area contributed by atoms with E-state index in [-0.39, 0.29) is 34.3 Å². The molecule has 1 amide bonds. The summed E-state index contributed by atoms with van der Waals surface area (Å²) in [6, 6.07) is 2.98. The summed E-state index contributed by atoms with van der Waals surface area (Å²) < 4.78 is 28.5. The summed E-state index contributed by atoms with van der Waals surface area (Å²) in [6.07, 6.45) is -6.05. The van der Waals surface area contributed by atoms with E-state index in [4.69, 9.17) is 29.4 Å². The molecule has 0 aromatic heterocycles. The zero-order valence-corrected chi connectivity index (χ0v) is 20.6. The number of carbonyl (C=O) groups is 2. The molecule has 0 bridgehead atoms. The Morgan fingerprint density at radius 1 is 1.29 bits per heavy atom. The van der Waals surface area contributed by atoms with Crippen LogP contribution in [0.5, 0.6) is 11.5 Å². The number of benzene rings is 1. The molecule has 1 fully saturated rings. The first-order valence-electron chi connectivity index (χ1n) is 11.3. The second-order valence-electron chi connectivity index (χ2n) is 9.31. The van der Waals surface area contributed by atoms with E-state index < -0.39 is 48.4 Å². The predicted octanol–water partition coefficient (Wildman–Crippen LogP) is 2.51. The van der Waals surface area contributed by atoms with E-state index in [1.807, 2.05) is 13.8 Å². The van der Waals surface area contributed by atoms with Crippen molar-refractivity contribution >= 4 is 17.8 Å². The highest BCUT2D eigenvalue weighted by Gasteiger charge is 2.53. The first kappa shape index (κ1) is 26.6. The predicted molar refractivity (Wildman–Crippen MR) is 123 cm³/mol. The van der Waals surface area contributed by atoms with Crippen molar-refractivity contribution in [3.05, 3.63) is 28.8 Å². The number of carboxylic acids is 1. The number of aliphatic hydroxyl groups is 2. The van der Waals surface area contributed by atoms with E-state index in [0.717, 1.165) is 0 Å². The minimum atomic E-state index is -1.45. The van der Waals surface area contributed by atoms with Gasteiger partial charge in [-0.05, 0) is 45.2 Å². The van der Waals surface area contributed by atoms with E-state index >= 15 is 0 Å². The molecule has 1 aromatic carbocycles. The monoisotopic (exact) mass is 495 g/mol. The lowest BCUT2D eigenvalue weighted by Gasteiger charge is -2.47. The van der Waals surface area contributed by atoms with Crippen LogP contribution in [0.25, 0.3) is 5.76 Å². The van der Waals surface area contributed by atoms with Crippen molar-refractivity contribution in [3.8, 4) is 11.5 Å². The molecule has 0 spiro atoms. The largest absolute Gasteiger partial charge is 0.506 e. The Kier molecular flexibility index (Phi) is 7.53. The number of amides is 1. The van der Waals surface area contributed by atoms with Gasteiger partial charge in [0.2, 0.25) is 6.29 Å². The summed E-state index contributed by atoms with van der Waals surface area (Å²) >= 11 is 0. The van der Waals surface area contributed by atoms with Gasteiger partial charge in [-0.15, -0.1) is 0 Å². The number of hydrogen-bond donors (Lipinski definition) is 4. The number of aliphatic carboxylic acids is 1. The molecule has 11 nitrogen and oxygen atoms in total. The Labute approximate surface area is 203 Å². The van der Waals surface area contributed by atoms with Crippen molar-refractivity contribution in [2.75, 3.05) is 7.11 Å². The average Bonchev–Trinajstić information content (AvgIpc) is 2.77. The minimum Gasteiger partial charge on any atom is -0.506 e. The van der Waals surface area contributed by atoms with Gasteiger partial charge in [0.15, 0.2) is 12.2 Å². The second-order valence-corrected chi connectivity index (χ2v) is 9.31. The van der Waals surface area contributed by atoms with Crippen LogP contribution < -0.4 is 15.2 Å². The van der Waals surface area contributed by atoms with Crippen LogP contribution in [0.2, 0.25) is 0 Å². The summed E-state index contributed by atoms with van der Waals surface area (Å²) in [5, 5.41) is 31.3. The van der Waals surface area contributed by atoms with Gasteiger partial charge in [-0.25, -0.2) is 9.59 Å². The van der Waals surface area contributed by atoms with E-state index in [1.165, 1.54) is 19.2 Å². The van der Waals surface area contributed by atoms with Gasteiger partial charge in [0.05, 0.1) is 11.2 Å². The number of primary amides is 1. The first-order chi connectivity index (χ1) is 16.3. The Morgan fingerprint density at radius 3 is 2.49 bits per heavy atom. The van der Waals surface area contributed by atoms with Crippen molar-refractivity contribution < 1.29 is 48.6 Å². The van der Waals surface area contributed by atoms with Crippen LogP contribution in [0.4, 0.5) is 4.79 Å². The van der Waals surface area contributed by atoms with Crippen LogP contribution in [-0.2, 0) is 19.0 Å². The maximum absolute atomic E-state index is 11.9. The van der Waals surface area contributed by atoms with Gasteiger partial charge in [0.25, 0.3) is 0 Å². The Hall–Kier alpha value is -3.02. The lowest BCUT2D eigenvalue weighted by Crippen LogP contribution is -2.65. The third-order valence-corrected chi connectivity index (χ3v) is 6.56. The summed E-state index contributed by atoms with van der Waals surface area (Å²) in [5.74, 6) is -1.30. The molecule has 11 heteroatoms. The Balaban J connectivity index is 1.99. The molecule has 1 aromatic rings. The van der Waals surface area contributed by atoms with Crippen LogP contribution in [-0.4, -0.2) is 70.8 Å². The average molecular weight is 496 g/mol. The zero-order chi connectivity index (χ0) is 26.2. The van der Waals surface area contributed by atoms with Crippen molar-refractivity contribution in [1.82, 2.24) is 0 Å². The number of carbonyl (C=O) groups excluding carboxylic acids is 1. The minimum absolute atomic E-state index is 0.192. The zero-order valence-electron chi connectivity index (χ0n) is 20.6. The highest BCUT2D eigenvalue weighted by molar-refractivity contribution is 5.97. The summed E-state index contributed by atoms with van der Waals surface area (Å²) in [6.45, 7) is 8.79. The fourth-order valence-corrected chi connectivity index (χ4v) is 4.51. The molecule has 5 N–H and O–H groups in total. The van der Waals surface area contributed by atoms with Gasteiger partial charge in [-0.1, -0.05) is 13.8 Å². The van der Waals surface area contributed by atoms with Crippen LogP contribution in [0.1, 0.15) is 45.2 Å². The van der Waals surface area contributed by atoms with Crippen LogP contribution in [0.15, 0.2) is 17.7 Å². The maximum Gasteiger partial charge on any atom is 0.404 e. The van der Waals surface area contributed by atoms with Gasteiger partial charge < -0.3 is 44.7 Å². The number of ether oxygens (including phenoxy) is 5. The SMILES string of the molecule is CCC(C)C1Oc2c(ccc(O[C@@H]3OC(C)(C)[C@H](OC)[C@@H](OC(N)=O)[C@H]3O)c2C)C(O)=C1C(=O)O. The lowest BCUT2D eigenvalue weighted by atomic mass is 9.89. The number of fused-ring (bicyclic) bond motifs is 1. The van der Waals surface area contributed by atoms with Crippen LogP contribution in [0.3, 0.4) is 0 Å². The molecular weight excluding hydrogens is 462 g/mol. The van der Waals surface area contributed by atoms with Gasteiger partial charge in [-0.2, -0.15) is 0 Å². The molecule has 0 saturated carbocycles. The van der Waals surface area contributed by atoms with Crippen LogP contribution in [0, 0.1) is 12.8 Å². The number of nitrogens with two attached hydrogens (primary N) is 1. The van der Waals surface area contributed by atoms with Crippen molar-refractivity contribution in [2.24, 2.45) is 11.7 Å².